The fourth-order valence-electron chi connectivity index (χ4n) is 2.54. The molecule has 4 rings (SSSR count). The minimum Gasteiger partial charge on any atom is -0.279 e. The monoisotopic (exact) mass is 568 g/mol. The summed E-state index contributed by atoms with van der Waals surface area (Å²) in [7, 11) is -5.84. The van der Waals surface area contributed by atoms with Crippen LogP contribution >= 0.6 is 37.0 Å². The Morgan fingerprint density at radius 1 is 0.667 bits per heavy atom. The third-order valence-electron chi connectivity index (χ3n) is 4.36. The van der Waals surface area contributed by atoms with E-state index in [4.69, 9.17) is 13.0 Å². The first-order valence-corrected chi connectivity index (χ1v) is 13.4. The summed E-state index contributed by atoms with van der Waals surface area (Å²) in [5, 5.41) is 0. The van der Waals surface area contributed by atoms with E-state index in [9.17, 15) is 13.2 Å². The first kappa shape index (κ1) is 29.9. The Labute approximate surface area is 224 Å². The van der Waals surface area contributed by atoms with Gasteiger partial charge in [-0.05, 0) is 66.6 Å². The zero-order chi connectivity index (χ0) is 26.8. The Balaban J connectivity index is 0.000000199. The van der Waals surface area contributed by atoms with Gasteiger partial charge in [-0.1, -0.05) is 71.9 Å². The Kier molecular flexibility index (Phi) is 11.4. The molecule has 0 aliphatic carbocycles. The Hall–Kier alpha value is -2.37. The molecule has 0 atom stereocenters. The van der Waals surface area contributed by atoms with Gasteiger partial charge < -0.3 is 0 Å². The summed E-state index contributed by atoms with van der Waals surface area (Å²) in [5.41, 5.74) is -1.75. The van der Waals surface area contributed by atoms with Gasteiger partial charge in [0.1, 0.15) is 0 Å². The van der Waals surface area contributed by atoms with Gasteiger partial charge in [-0.2, -0.15) is 21.6 Å². The summed E-state index contributed by atoms with van der Waals surface area (Å²) in [5.74, 6) is 0. The molecule has 1 N–H and O–H groups in total. The molecule has 0 radical (unpaired) electrons. The van der Waals surface area contributed by atoms with Crippen molar-refractivity contribution in [2.24, 2.45) is 0 Å². The van der Waals surface area contributed by atoms with Crippen molar-refractivity contribution in [3.63, 3.8) is 0 Å². The van der Waals surface area contributed by atoms with E-state index in [0.29, 0.717) is 0 Å². The van der Waals surface area contributed by atoms with Gasteiger partial charge >= 0.3 is 15.6 Å². The second kappa shape index (κ2) is 13.8. The molecule has 0 spiro atoms. The van der Waals surface area contributed by atoms with Crippen LogP contribution < -0.4 is 0 Å². The third kappa shape index (κ3) is 10.7. The molecule has 0 aromatic heterocycles. The molecule has 0 fully saturated rings. The van der Waals surface area contributed by atoms with Gasteiger partial charge in [0.05, 0.1) is 0 Å². The second-order valence-electron chi connectivity index (χ2n) is 7.24. The molecule has 36 heavy (non-hydrogen) atoms. The van der Waals surface area contributed by atoms with E-state index in [1.807, 2.05) is 30.3 Å². The average Bonchev–Trinajstić information content (AvgIpc) is 2.82. The zero-order valence-electron chi connectivity index (χ0n) is 18.9. The Morgan fingerprint density at radius 3 is 1.44 bits per heavy atom. The van der Waals surface area contributed by atoms with Crippen LogP contribution in [0.2, 0.25) is 0 Å². The quantitative estimate of drug-likeness (QED) is 0.132. The van der Waals surface area contributed by atoms with Gasteiger partial charge in [0.2, 0.25) is 0 Å². The van der Waals surface area contributed by atoms with Crippen molar-refractivity contribution in [1.29, 1.82) is 0 Å². The lowest BCUT2D eigenvalue weighted by atomic mass is 10.0. The van der Waals surface area contributed by atoms with Gasteiger partial charge in [0, 0.05) is 19.6 Å². The second-order valence-corrected chi connectivity index (χ2v) is 10.8. The van der Waals surface area contributed by atoms with E-state index in [2.05, 4.69) is 105 Å². The normalized spacial score (nSPS) is 11.0. The van der Waals surface area contributed by atoms with E-state index in [-0.39, 0.29) is 0 Å². The first-order chi connectivity index (χ1) is 16.8. The van der Waals surface area contributed by atoms with E-state index in [1.54, 1.807) is 11.8 Å². The molecule has 0 aliphatic rings. The number of hydrogen-bond donors (Lipinski definition) is 3. The highest BCUT2D eigenvalue weighted by Gasteiger charge is 2.44. The SMILES string of the molecule is Cc1ccc(-c2ccc(S)cc2)cc1.O=S(=O)(O)C(F)(F)F.Sc1ccc(Sc2ccccc2)cc1. The van der Waals surface area contributed by atoms with Crippen LogP contribution in [0.4, 0.5) is 13.2 Å². The van der Waals surface area contributed by atoms with Gasteiger partial charge in [-0.25, -0.2) is 0 Å². The van der Waals surface area contributed by atoms with Gasteiger partial charge in [-0.3, -0.25) is 4.55 Å². The van der Waals surface area contributed by atoms with Crippen molar-refractivity contribution in [2.75, 3.05) is 0 Å². The molecule has 190 valence electrons. The number of rotatable bonds is 3. The maximum atomic E-state index is 10.7. The van der Waals surface area contributed by atoms with Gasteiger partial charge in [0.15, 0.2) is 0 Å². The summed E-state index contributed by atoms with van der Waals surface area (Å²) in [6, 6.07) is 35.3. The largest absolute Gasteiger partial charge is 0.522 e. The minimum absolute atomic E-state index is 1.00. The topological polar surface area (TPSA) is 54.4 Å². The Bertz CT molecular complexity index is 1260. The highest BCUT2D eigenvalue weighted by atomic mass is 32.2. The fourth-order valence-corrected chi connectivity index (χ4v) is 3.67. The predicted octanol–water partition coefficient (Wildman–Crippen LogP) is 8.47. The zero-order valence-corrected chi connectivity index (χ0v) is 22.3. The van der Waals surface area contributed by atoms with Crippen LogP contribution in [0.1, 0.15) is 5.56 Å². The lowest BCUT2D eigenvalue weighted by molar-refractivity contribution is -0.0510. The molecular formula is C26H23F3O3S4. The smallest absolute Gasteiger partial charge is 0.279 e. The lowest BCUT2D eigenvalue weighted by Gasteiger charge is -2.02. The summed E-state index contributed by atoms with van der Waals surface area (Å²) in [6.07, 6.45) is 0. The molecule has 0 aliphatic heterocycles. The average molecular weight is 569 g/mol. The molecule has 4 aromatic rings. The van der Waals surface area contributed by atoms with Crippen LogP contribution in [0, 0.1) is 6.92 Å². The fraction of sp³-hybridized carbons (Fsp3) is 0.0769. The van der Waals surface area contributed by atoms with Gasteiger partial charge in [-0.15, -0.1) is 25.3 Å². The summed E-state index contributed by atoms with van der Waals surface area (Å²) in [6.45, 7) is 2.10. The molecule has 0 heterocycles. The highest BCUT2D eigenvalue weighted by Crippen LogP contribution is 2.27. The number of aryl methyl sites for hydroxylation is 1. The summed E-state index contributed by atoms with van der Waals surface area (Å²) in [4.78, 5) is 4.51. The number of hydrogen-bond acceptors (Lipinski definition) is 5. The van der Waals surface area contributed by atoms with Crippen molar-refractivity contribution in [3.8, 4) is 11.1 Å². The number of alkyl halides is 3. The number of thiol groups is 2. The van der Waals surface area contributed by atoms with Crippen LogP contribution in [0.25, 0.3) is 11.1 Å². The number of halogens is 3. The third-order valence-corrected chi connectivity index (χ3v) is 6.56. The van der Waals surface area contributed by atoms with Gasteiger partial charge in [0.25, 0.3) is 0 Å². The lowest BCUT2D eigenvalue weighted by Crippen LogP contribution is -2.21. The summed E-state index contributed by atoms with van der Waals surface area (Å²) >= 11 is 10.3. The van der Waals surface area contributed by atoms with Crippen LogP contribution in [0.5, 0.6) is 0 Å². The minimum atomic E-state index is -5.84. The van der Waals surface area contributed by atoms with E-state index in [1.165, 1.54) is 26.5 Å². The van der Waals surface area contributed by atoms with E-state index in [0.717, 1.165) is 9.79 Å². The molecule has 4 aromatic carbocycles. The van der Waals surface area contributed by atoms with Crippen molar-refractivity contribution in [3.05, 3.63) is 109 Å². The maximum Gasteiger partial charge on any atom is 0.522 e. The van der Waals surface area contributed by atoms with Crippen molar-refractivity contribution >= 4 is 47.1 Å². The van der Waals surface area contributed by atoms with Crippen LogP contribution in [0.3, 0.4) is 0 Å². The molecule has 0 bridgehead atoms. The number of benzene rings is 4. The van der Waals surface area contributed by atoms with E-state index < -0.39 is 15.6 Å². The molecule has 0 amide bonds. The molecule has 3 nitrogen and oxygen atoms in total. The van der Waals surface area contributed by atoms with Crippen LogP contribution in [0.15, 0.2) is 123 Å². The van der Waals surface area contributed by atoms with Crippen LogP contribution in [-0.4, -0.2) is 18.5 Å². The molecule has 0 unspecified atom stereocenters. The van der Waals surface area contributed by atoms with E-state index >= 15 is 0 Å². The molecule has 0 saturated carbocycles. The first-order valence-electron chi connectivity index (χ1n) is 10.3. The predicted molar refractivity (Wildman–Crippen MR) is 146 cm³/mol. The van der Waals surface area contributed by atoms with Crippen molar-refractivity contribution < 1.29 is 26.1 Å². The maximum absolute atomic E-state index is 10.7. The molecule has 10 heteroatoms. The highest BCUT2D eigenvalue weighted by molar-refractivity contribution is 7.99. The molecular weight excluding hydrogens is 546 g/mol. The standard InChI is InChI=1S/C13H12S.C12H10S2.CHF3O3S/c1-10-2-4-11(5-3-10)12-6-8-13(14)9-7-12;13-10-6-8-12(9-7-10)14-11-4-2-1-3-5-11;2-1(3,4)8(5,6)7/h2-9,14H,1H3;1-9,13H;(H,5,6,7). The van der Waals surface area contributed by atoms with Crippen molar-refractivity contribution in [2.45, 2.75) is 32.0 Å². The molecule has 0 saturated heterocycles. The Morgan fingerprint density at radius 2 is 1.03 bits per heavy atom. The summed E-state index contributed by atoms with van der Waals surface area (Å²) < 4.78 is 57.5. The van der Waals surface area contributed by atoms with Crippen molar-refractivity contribution in [1.82, 2.24) is 0 Å². The van der Waals surface area contributed by atoms with Crippen LogP contribution in [-0.2, 0) is 10.1 Å².